The van der Waals surface area contributed by atoms with Crippen LogP contribution in [0.4, 0.5) is 5.69 Å². The fourth-order valence-corrected chi connectivity index (χ4v) is 3.15. The molecule has 2 heterocycles. The van der Waals surface area contributed by atoms with Gasteiger partial charge in [-0.15, -0.1) is 0 Å². The number of para-hydroxylation sites is 1. The van der Waals surface area contributed by atoms with E-state index in [2.05, 4.69) is 32.9 Å². The van der Waals surface area contributed by atoms with E-state index in [4.69, 9.17) is 4.42 Å². The van der Waals surface area contributed by atoms with Crippen LogP contribution in [0.1, 0.15) is 16.1 Å². The average molecular weight is 454 g/mol. The van der Waals surface area contributed by atoms with Crippen LogP contribution in [-0.2, 0) is 0 Å². The molecular weight excluding hydrogens is 439 g/mol. The first-order chi connectivity index (χ1) is 12.6. The van der Waals surface area contributed by atoms with Gasteiger partial charge in [-0.1, -0.05) is 18.2 Å². The van der Waals surface area contributed by atoms with Crippen LogP contribution in [0.5, 0.6) is 0 Å². The molecule has 4 rings (SSSR count). The van der Waals surface area contributed by atoms with Crippen molar-refractivity contribution in [2.45, 2.75) is 6.92 Å². The van der Waals surface area contributed by atoms with Gasteiger partial charge in [-0.25, -0.2) is 4.98 Å². The minimum atomic E-state index is -0.172. The molecule has 26 heavy (non-hydrogen) atoms. The minimum absolute atomic E-state index is 0.172. The summed E-state index contributed by atoms with van der Waals surface area (Å²) in [5.41, 5.74) is 2.72. The maximum Gasteiger partial charge on any atom is 0.256 e. The summed E-state index contributed by atoms with van der Waals surface area (Å²) in [6.45, 7) is 1.88. The fourth-order valence-electron chi connectivity index (χ4n) is 2.79. The summed E-state index contributed by atoms with van der Waals surface area (Å²) in [7, 11) is 0. The standard InChI is InChI=1S/C21H15IN2O2/c1-13-6-11-20(26-13)19-12-17(16-4-2-3-5-18(16)24-19)21(25)23-15-9-7-14(22)8-10-15/h2-12H,1H3,(H,23,25). The fraction of sp³-hybridized carbons (Fsp3) is 0.0476. The number of hydrogen-bond donors (Lipinski definition) is 1. The molecule has 1 amide bonds. The third kappa shape index (κ3) is 3.35. The third-order valence-electron chi connectivity index (χ3n) is 4.06. The number of halogens is 1. The molecule has 0 aliphatic heterocycles. The molecule has 0 atom stereocenters. The van der Waals surface area contributed by atoms with Crippen LogP contribution in [0.3, 0.4) is 0 Å². The van der Waals surface area contributed by atoms with Gasteiger partial charge in [-0.05, 0) is 78.0 Å². The van der Waals surface area contributed by atoms with E-state index in [1.807, 2.05) is 67.6 Å². The largest absolute Gasteiger partial charge is 0.460 e. The molecule has 0 bridgehead atoms. The number of amides is 1. The number of carbonyl (C=O) groups excluding carboxylic acids is 1. The van der Waals surface area contributed by atoms with Crippen molar-refractivity contribution in [3.05, 3.63) is 81.6 Å². The molecular formula is C21H15IN2O2. The molecule has 0 saturated carbocycles. The van der Waals surface area contributed by atoms with Gasteiger partial charge in [0.05, 0.1) is 11.1 Å². The summed E-state index contributed by atoms with van der Waals surface area (Å²) in [6.07, 6.45) is 0. The van der Waals surface area contributed by atoms with Crippen LogP contribution >= 0.6 is 22.6 Å². The highest BCUT2D eigenvalue weighted by Gasteiger charge is 2.15. The summed E-state index contributed by atoms with van der Waals surface area (Å²) < 4.78 is 6.81. The van der Waals surface area contributed by atoms with Gasteiger partial charge in [-0.2, -0.15) is 0 Å². The van der Waals surface area contributed by atoms with Gasteiger partial charge in [0.25, 0.3) is 5.91 Å². The van der Waals surface area contributed by atoms with Crippen molar-refractivity contribution in [2.75, 3.05) is 5.32 Å². The Hall–Kier alpha value is -2.67. The van der Waals surface area contributed by atoms with Gasteiger partial charge in [0, 0.05) is 14.6 Å². The Labute approximate surface area is 164 Å². The molecule has 2 aromatic heterocycles. The molecule has 2 aromatic carbocycles. The van der Waals surface area contributed by atoms with E-state index >= 15 is 0 Å². The zero-order chi connectivity index (χ0) is 18.1. The van der Waals surface area contributed by atoms with Crippen molar-refractivity contribution in [3.63, 3.8) is 0 Å². The highest BCUT2D eigenvalue weighted by Crippen LogP contribution is 2.27. The van der Waals surface area contributed by atoms with Crippen molar-refractivity contribution in [1.82, 2.24) is 4.98 Å². The lowest BCUT2D eigenvalue weighted by atomic mass is 10.1. The second-order valence-corrected chi connectivity index (χ2v) is 7.19. The normalized spacial score (nSPS) is 10.8. The van der Waals surface area contributed by atoms with E-state index in [0.29, 0.717) is 17.0 Å². The molecule has 4 nitrogen and oxygen atoms in total. The molecule has 1 N–H and O–H groups in total. The first-order valence-electron chi connectivity index (χ1n) is 8.14. The summed E-state index contributed by atoms with van der Waals surface area (Å²) in [5.74, 6) is 1.28. The highest BCUT2D eigenvalue weighted by molar-refractivity contribution is 14.1. The lowest BCUT2D eigenvalue weighted by Crippen LogP contribution is -2.13. The zero-order valence-corrected chi connectivity index (χ0v) is 16.2. The smallest absolute Gasteiger partial charge is 0.256 e. The molecule has 0 spiro atoms. The number of anilines is 1. The Morgan fingerprint density at radius 2 is 1.81 bits per heavy atom. The predicted molar refractivity (Wildman–Crippen MR) is 111 cm³/mol. The number of benzene rings is 2. The first kappa shape index (κ1) is 16.8. The first-order valence-corrected chi connectivity index (χ1v) is 9.21. The number of aromatic nitrogens is 1. The second kappa shape index (κ2) is 6.92. The van der Waals surface area contributed by atoms with E-state index in [0.717, 1.165) is 25.9 Å². The van der Waals surface area contributed by atoms with Crippen LogP contribution in [0.2, 0.25) is 0 Å². The van der Waals surface area contributed by atoms with Gasteiger partial charge in [-0.3, -0.25) is 4.79 Å². The van der Waals surface area contributed by atoms with E-state index in [1.165, 1.54) is 0 Å². The van der Waals surface area contributed by atoms with Crippen molar-refractivity contribution in [1.29, 1.82) is 0 Å². The highest BCUT2D eigenvalue weighted by atomic mass is 127. The maximum absolute atomic E-state index is 12.9. The molecule has 0 aliphatic carbocycles. The Bertz CT molecular complexity index is 1100. The van der Waals surface area contributed by atoms with Crippen LogP contribution in [0.15, 0.2) is 71.1 Å². The minimum Gasteiger partial charge on any atom is -0.460 e. The Kier molecular flexibility index (Phi) is 4.46. The van der Waals surface area contributed by atoms with E-state index in [-0.39, 0.29) is 5.91 Å². The van der Waals surface area contributed by atoms with Gasteiger partial charge in [0.1, 0.15) is 11.5 Å². The number of pyridine rings is 1. The third-order valence-corrected chi connectivity index (χ3v) is 4.77. The SMILES string of the molecule is Cc1ccc(-c2cc(C(=O)Nc3ccc(I)cc3)c3ccccc3n2)o1. The maximum atomic E-state index is 12.9. The van der Waals surface area contributed by atoms with Gasteiger partial charge in [0.15, 0.2) is 5.76 Å². The predicted octanol–water partition coefficient (Wildman–Crippen LogP) is 5.66. The average Bonchev–Trinajstić information content (AvgIpc) is 3.09. The number of nitrogens with one attached hydrogen (secondary N) is 1. The van der Waals surface area contributed by atoms with Crippen molar-refractivity contribution >= 4 is 45.1 Å². The molecule has 5 heteroatoms. The molecule has 128 valence electrons. The van der Waals surface area contributed by atoms with E-state index < -0.39 is 0 Å². The molecule has 4 aromatic rings. The zero-order valence-electron chi connectivity index (χ0n) is 14.0. The van der Waals surface area contributed by atoms with Crippen LogP contribution < -0.4 is 5.32 Å². The number of nitrogens with zero attached hydrogens (tertiary/aromatic N) is 1. The van der Waals surface area contributed by atoms with Crippen LogP contribution in [0.25, 0.3) is 22.4 Å². The molecule has 0 fully saturated rings. The second-order valence-electron chi connectivity index (χ2n) is 5.94. The molecule has 0 radical (unpaired) electrons. The summed E-state index contributed by atoms with van der Waals surface area (Å²) >= 11 is 2.23. The number of furan rings is 1. The Morgan fingerprint density at radius 3 is 2.54 bits per heavy atom. The molecule has 0 aliphatic rings. The van der Waals surface area contributed by atoms with E-state index in [1.54, 1.807) is 6.07 Å². The Balaban J connectivity index is 1.79. The van der Waals surface area contributed by atoms with Crippen molar-refractivity contribution in [3.8, 4) is 11.5 Å². The number of hydrogen-bond acceptors (Lipinski definition) is 3. The Morgan fingerprint density at radius 1 is 1.04 bits per heavy atom. The lowest BCUT2D eigenvalue weighted by molar-refractivity contribution is 0.102. The lowest BCUT2D eigenvalue weighted by Gasteiger charge is -2.10. The molecule has 0 saturated heterocycles. The number of fused-ring (bicyclic) bond motifs is 1. The van der Waals surface area contributed by atoms with Crippen molar-refractivity contribution < 1.29 is 9.21 Å². The van der Waals surface area contributed by atoms with Crippen molar-refractivity contribution in [2.24, 2.45) is 0 Å². The quantitative estimate of drug-likeness (QED) is 0.407. The summed E-state index contributed by atoms with van der Waals surface area (Å²) in [6, 6.07) is 20.8. The van der Waals surface area contributed by atoms with Gasteiger partial charge >= 0.3 is 0 Å². The topological polar surface area (TPSA) is 55.1 Å². The van der Waals surface area contributed by atoms with Crippen LogP contribution in [-0.4, -0.2) is 10.9 Å². The number of rotatable bonds is 3. The summed E-state index contributed by atoms with van der Waals surface area (Å²) in [5, 5.41) is 3.77. The van der Waals surface area contributed by atoms with Gasteiger partial charge < -0.3 is 9.73 Å². The van der Waals surface area contributed by atoms with Gasteiger partial charge in [0.2, 0.25) is 0 Å². The van der Waals surface area contributed by atoms with E-state index in [9.17, 15) is 4.79 Å². The summed E-state index contributed by atoms with van der Waals surface area (Å²) in [4.78, 5) is 17.6. The van der Waals surface area contributed by atoms with Crippen LogP contribution in [0, 0.1) is 10.5 Å². The number of carbonyl (C=O) groups is 1. The monoisotopic (exact) mass is 454 g/mol. The molecule has 0 unspecified atom stereocenters. The number of aryl methyl sites for hydroxylation is 1.